The van der Waals surface area contributed by atoms with Gasteiger partial charge in [0.1, 0.15) is 11.5 Å². The highest BCUT2D eigenvalue weighted by Crippen LogP contribution is 2.30. The van der Waals surface area contributed by atoms with Crippen LogP contribution in [-0.4, -0.2) is 66.1 Å². The molecule has 2 aromatic heterocycles. The lowest BCUT2D eigenvalue weighted by Crippen LogP contribution is -2.41. The van der Waals surface area contributed by atoms with Gasteiger partial charge in [0.2, 0.25) is 5.78 Å². The van der Waals surface area contributed by atoms with Crippen LogP contribution in [0.15, 0.2) is 59.3 Å². The Morgan fingerprint density at radius 1 is 1.12 bits per heavy atom. The van der Waals surface area contributed by atoms with Crippen LogP contribution in [0, 0.1) is 6.92 Å². The van der Waals surface area contributed by atoms with Crippen LogP contribution in [0.2, 0.25) is 0 Å². The zero-order chi connectivity index (χ0) is 23.5. The summed E-state index contributed by atoms with van der Waals surface area (Å²) in [5, 5.41) is 7.85. The molecule has 1 aliphatic rings. The fraction of sp³-hybridized carbons (Fsp3) is 0.269. The molecule has 1 saturated heterocycles. The molecule has 0 saturated carbocycles. The van der Waals surface area contributed by atoms with Crippen LogP contribution in [0.25, 0.3) is 22.2 Å². The Labute approximate surface area is 196 Å². The molecule has 0 radical (unpaired) electrons. The molecule has 0 unspecified atom stereocenters. The highest BCUT2D eigenvalue weighted by molar-refractivity contribution is 6.19. The number of rotatable bonds is 7. The molecule has 2 N–H and O–H groups in total. The topological polar surface area (TPSA) is 100 Å². The fourth-order valence-corrected chi connectivity index (χ4v) is 4.28. The normalized spacial score (nSPS) is 14.4. The predicted octanol–water partition coefficient (Wildman–Crippen LogP) is 3.42. The Morgan fingerprint density at radius 3 is 2.71 bits per heavy atom. The van der Waals surface area contributed by atoms with Gasteiger partial charge in [-0.25, -0.2) is 0 Å². The van der Waals surface area contributed by atoms with E-state index < -0.39 is 0 Å². The number of hydrogen-bond acceptors (Lipinski definition) is 6. The third-order valence-electron chi connectivity index (χ3n) is 6.14. The van der Waals surface area contributed by atoms with Crippen molar-refractivity contribution in [3.8, 4) is 11.3 Å². The molecular formula is C26H26N4O4. The van der Waals surface area contributed by atoms with E-state index in [4.69, 9.17) is 9.26 Å². The molecule has 2 aromatic carbocycles. The number of ether oxygens (including phenoxy) is 1. The van der Waals surface area contributed by atoms with Gasteiger partial charge in [-0.05, 0) is 19.1 Å². The summed E-state index contributed by atoms with van der Waals surface area (Å²) in [7, 11) is 0. The number of morpholine rings is 1. The molecule has 5 rings (SSSR count). The largest absolute Gasteiger partial charge is 0.379 e. The number of aromatic nitrogens is 2. The Hall–Kier alpha value is -3.75. The summed E-state index contributed by atoms with van der Waals surface area (Å²) in [5.74, 6) is 0.153. The molecule has 4 aromatic rings. The molecule has 3 heterocycles. The summed E-state index contributed by atoms with van der Waals surface area (Å²) < 4.78 is 10.7. The van der Waals surface area contributed by atoms with Gasteiger partial charge in [0.15, 0.2) is 0 Å². The first-order chi connectivity index (χ1) is 16.6. The van der Waals surface area contributed by atoms with Gasteiger partial charge in [0.25, 0.3) is 5.91 Å². The maximum atomic E-state index is 13.5. The van der Waals surface area contributed by atoms with E-state index in [-0.39, 0.29) is 11.7 Å². The lowest BCUT2D eigenvalue weighted by Gasteiger charge is -2.26. The molecule has 8 nitrogen and oxygen atoms in total. The van der Waals surface area contributed by atoms with Gasteiger partial charge in [-0.15, -0.1) is 0 Å². The maximum Gasteiger partial charge on any atom is 0.251 e. The first-order valence-electron chi connectivity index (χ1n) is 11.4. The highest BCUT2D eigenvalue weighted by atomic mass is 16.5. The van der Waals surface area contributed by atoms with Crippen molar-refractivity contribution in [2.24, 2.45) is 0 Å². The summed E-state index contributed by atoms with van der Waals surface area (Å²) >= 11 is 0. The Morgan fingerprint density at radius 2 is 1.91 bits per heavy atom. The standard InChI is InChI=1S/C26H26N4O4/c1-17-23(24(29-34-17)18-5-3-2-4-6-18)25(31)21-16-28-22-15-19(7-8-20(21)22)26(32)27-9-10-30-11-13-33-14-12-30/h2-8,15-16,28H,9-14H2,1H3,(H,27,32). The van der Waals surface area contributed by atoms with Crippen LogP contribution in [0.4, 0.5) is 0 Å². The number of aromatic amines is 1. The number of ketones is 1. The van der Waals surface area contributed by atoms with Crippen molar-refractivity contribution in [1.29, 1.82) is 0 Å². The fourth-order valence-electron chi connectivity index (χ4n) is 4.28. The van der Waals surface area contributed by atoms with Crippen molar-refractivity contribution in [3.05, 3.63) is 77.2 Å². The quantitative estimate of drug-likeness (QED) is 0.412. The zero-order valence-corrected chi connectivity index (χ0v) is 19.0. The van der Waals surface area contributed by atoms with Crippen LogP contribution >= 0.6 is 0 Å². The van der Waals surface area contributed by atoms with Gasteiger partial charge in [0.05, 0.1) is 18.8 Å². The molecule has 174 valence electrons. The third kappa shape index (κ3) is 4.37. The van der Waals surface area contributed by atoms with Crippen molar-refractivity contribution in [1.82, 2.24) is 20.4 Å². The van der Waals surface area contributed by atoms with Gasteiger partial charge in [-0.3, -0.25) is 14.5 Å². The van der Waals surface area contributed by atoms with Gasteiger partial charge in [-0.2, -0.15) is 0 Å². The van der Waals surface area contributed by atoms with Crippen LogP contribution in [0.3, 0.4) is 0 Å². The second kappa shape index (κ2) is 9.62. The number of carbonyl (C=O) groups excluding carboxylic acids is 2. The maximum absolute atomic E-state index is 13.5. The first-order valence-corrected chi connectivity index (χ1v) is 11.4. The van der Waals surface area contributed by atoms with Gasteiger partial charge >= 0.3 is 0 Å². The van der Waals surface area contributed by atoms with Gasteiger partial charge < -0.3 is 19.6 Å². The van der Waals surface area contributed by atoms with Crippen molar-refractivity contribution >= 4 is 22.6 Å². The minimum Gasteiger partial charge on any atom is -0.379 e. The van der Waals surface area contributed by atoms with Crippen LogP contribution in [0.1, 0.15) is 32.0 Å². The number of nitrogens with one attached hydrogen (secondary N) is 2. The van der Waals surface area contributed by atoms with E-state index in [1.165, 1.54) is 0 Å². The average Bonchev–Trinajstić information content (AvgIpc) is 3.48. The minimum absolute atomic E-state index is 0.140. The molecule has 1 amide bonds. The van der Waals surface area contributed by atoms with Crippen LogP contribution in [-0.2, 0) is 4.74 Å². The summed E-state index contributed by atoms with van der Waals surface area (Å²) in [6.07, 6.45) is 1.67. The third-order valence-corrected chi connectivity index (χ3v) is 6.14. The van der Waals surface area contributed by atoms with E-state index in [9.17, 15) is 9.59 Å². The average molecular weight is 459 g/mol. The van der Waals surface area contributed by atoms with Crippen LogP contribution in [0.5, 0.6) is 0 Å². The Kier molecular flexibility index (Phi) is 6.24. The Bertz CT molecular complexity index is 1320. The molecular weight excluding hydrogens is 432 g/mol. The number of nitrogens with zero attached hydrogens (tertiary/aromatic N) is 2. The van der Waals surface area contributed by atoms with Gasteiger partial charge in [-0.1, -0.05) is 41.6 Å². The second-order valence-electron chi connectivity index (χ2n) is 8.33. The van der Waals surface area contributed by atoms with Crippen molar-refractivity contribution in [2.45, 2.75) is 6.92 Å². The monoisotopic (exact) mass is 458 g/mol. The lowest BCUT2D eigenvalue weighted by atomic mass is 9.97. The van der Waals surface area contributed by atoms with E-state index in [0.717, 1.165) is 49.3 Å². The molecule has 34 heavy (non-hydrogen) atoms. The first kappa shape index (κ1) is 22.1. The zero-order valence-electron chi connectivity index (χ0n) is 19.0. The van der Waals surface area contributed by atoms with E-state index in [2.05, 4.69) is 20.4 Å². The number of H-pyrrole nitrogens is 1. The molecule has 8 heteroatoms. The Balaban J connectivity index is 1.34. The minimum atomic E-state index is -0.174. The molecule has 0 spiro atoms. The number of fused-ring (bicyclic) bond motifs is 1. The number of hydrogen-bond donors (Lipinski definition) is 2. The van der Waals surface area contributed by atoms with E-state index in [1.54, 1.807) is 31.3 Å². The number of carbonyl (C=O) groups is 2. The summed E-state index contributed by atoms with van der Waals surface area (Å²) in [4.78, 5) is 31.6. The second-order valence-corrected chi connectivity index (χ2v) is 8.33. The summed E-state index contributed by atoms with van der Waals surface area (Å²) in [6, 6.07) is 14.8. The highest BCUT2D eigenvalue weighted by Gasteiger charge is 2.25. The van der Waals surface area contributed by atoms with Crippen LogP contribution < -0.4 is 5.32 Å². The van der Waals surface area contributed by atoms with Crippen molar-refractivity contribution < 1.29 is 18.8 Å². The summed E-state index contributed by atoms with van der Waals surface area (Å²) in [5.41, 5.74) is 3.56. The van der Waals surface area contributed by atoms with Crippen molar-refractivity contribution in [3.63, 3.8) is 0 Å². The molecule has 0 aliphatic carbocycles. The number of aryl methyl sites for hydroxylation is 1. The van der Waals surface area contributed by atoms with Crippen molar-refractivity contribution in [2.75, 3.05) is 39.4 Å². The SMILES string of the molecule is Cc1onc(-c2ccccc2)c1C(=O)c1c[nH]c2cc(C(=O)NCCN3CCOCC3)ccc12. The van der Waals surface area contributed by atoms with Gasteiger partial charge in [0, 0.05) is 60.0 Å². The lowest BCUT2D eigenvalue weighted by molar-refractivity contribution is 0.0383. The smallest absolute Gasteiger partial charge is 0.251 e. The number of benzene rings is 2. The molecule has 0 bridgehead atoms. The van der Waals surface area contributed by atoms with E-state index in [0.29, 0.717) is 34.7 Å². The molecule has 0 atom stereocenters. The number of amides is 1. The molecule has 1 aliphatic heterocycles. The van der Waals surface area contributed by atoms with E-state index >= 15 is 0 Å². The summed E-state index contributed by atoms with van der Waals surface area (Å²) in [6.45, 7) is 6.35. The predicted molar refractivity (Wildman–Crippen MR) is 128 cm³/mol. The molecule has 1 fully saturated rings. The van der Waals surface area contributed by atoms with E-state index in [1.807, 2.05) is 30.3 Å².